The molecule has 2 aromatic rings. The van der Waals surface area contributed by atoms with Crippen molar-refractivity contribution in [2.45, 2.75) is 32.0 Å². The van der Waals surface area contributed by atoms with Crippen LogP contribution in [0.5, 0.6) is 0 Å². The van der Waals surface area contributed by atoms with E-state index in [-0.39, 0.29) is 11.7 Å². The van der Waals surface area contributed by atoms with E-state index in [9.17, 15) is 4.79 Å². The molecule has 0 fully saturated rings. The quantitative estimate of drug-likeness (QED) is 0.792. The minimum atomic E-state index is -0.112. The maximum Gasteiger partial charge on any atom is 0.236 e. The Kier molecular flexibility index (Phi) is 5.75. The molecule has 2 rings (SSSR count). The summed E-state index contributed by atoms with van der Waals surface area (Å²) < 4.78 is 2.90. The van der Waals surface area contributed by atoms with E-state index in [0.717, 1.165) is 28.4 Å². The van der Waals surface area contributed by atoms with Crippen LogP contribution in [-0.2, 0) is 11.3 Å². The average molecular weight is 370 g/mol. The SMILES string of the molecule is CCCn1c(C)nnc1SCC(=O)Nc1ccc(Br)cn1. The number of carbonyl (C=O) groups excluding carboxylic acids is 1. The van der Waals surface area contributed by atoms with Gasteiger partial charge in [-0.2, -0.15) is 0 Å². The Morgan fingerprint density at radius 1 is 1.43 bits per heavy atom. The van der Waals surface area contributed by atoms with Gasteiger partial charge in [0.1, 0.15) is 11.6 Å². The number of carbonyl (C=O) groups is 1. The van der Waals surface area contributed by atoms with Gasteiger partial charge in [-0.1, -0.05) is 18.7 Å². The molecule has 0 unspecified atom stereocenters. The third-order valence-corrected chi connectivity index (χ3v) is 4.11. The van der Waals surface area contributed by atoms with E-state index in [4.69, 9.17) is 0 Å². The van der Waals surface area contributed by atoms with Crippen LogP contribution in [0.3, 0.4) is 0 Å². The minimum Gasteiger partial charge on any atom is -0.310 e. The van der Waals surface area contributed by atoms with Gasteiger partial charge in [0.05, 0.1) is 5.75 Å². The lowest BCUT2D eigenvalue weighted by molar-refractivity contribution is -0.113. The summed E-state index contributed by atoms with van der Waals surface area (Å²) in [5, 5.41) is 11.7. The first kappa shape index (κ1) is 16.0. The van der Waals surface area contributed by atoms with Gasteiger partial charge in [0.25, 0.3) is 0 Å². The molecule has 2 heterocycles. The number of thioether (sulfide) groups is 1. The van der Waals surface area contributed by atoms with Gasteiger partial charge in [-0.15, -0.1) is 10.2 Å². The highest BCUT2D eigenvalue weighted by Crippen LogP contribution is 2.18. The smallest absolute Gasteiger partial charge is 0.236 e. The van der Waals surface area contributed by atoms with Crippen molar-refractivity contribution < 1.29 is 4.79 Å². The molecule has 2 aromatic heterocycles. The molecule has 0 spiro atoms. The van der Waals surface area contributed by atoms with Gasteiger partial charge in [0.15, 0.2) is 5.16 Å². The number of hydrogen-bond donors (Lipinski definition) is 1. The van der Waals surface area contributed by atoms with Gasteiger partial charge in [-0.3, -0.25) is 4.79 Å². The number of anilines is 1. The second-order valence-electron chi connectivity index (χ2n) is 4.38. The number of nitrogens with zero attached hydrogens (tertiary/aromatic N) is 4. The lowest BCUT2D eigenvalue weighted by Gasteiger charge is -2.07. The summed E-state index contributed by atoms with van der Waals surface area (Å²) in [4.78, 5) is 16.0. The van der Waals surface area contributed by atoms with Crippen LogP contribution in [0, 0.1) is 6.92 Å². The van der Waals surface area contributed by atoms with Crippen LogP contribution in [0.25, 0.3) is 0 Å². The number of pyridine rings is 1. The van der Waals surface area contributed by atoms with Crippen molar-refractivity contribution >= 4 is 39.4 Å². The molecule has 0 radical (unpaired) electrons. The molecule has 0 atom stereocenters. The van der Waals surface area contributed by atoms with Gasteiger partial charge in [0.2, 0.25) is 5.91 Å². The third kappa shape index (κ3) is 4.53. The maximum absolute atomic E-state index is 11.9. The molecule has 0 aromatic carbocycles. The van der Waals surface area contributed by atoms with E-state index in [2.05, 4.69) is 43.4 Å². The normalized spacial score (nSPS) is 10.6. The predicted octanol–water partition coefficient (Wildman–Crippen LogP) is 2.88. The van der Waals surface area contributed by atoms with Crippen LogP contribution >= 0.6 is 27.7 Å². The first-order valence-electron chi connectivity index (χ1n) is 6.54. The maximum atomic E-state index is 11.9. The molecule has 0 bridgehead atoms. The van der Waals surface area contributed by atoms with Gasteiger partial charge >= 0.3 is 0 Å². The Labute approximate surface area is 135 Å². The zero-order chi connectivity index (χ0) is 15.2. The number of nitrogens with one attached hydrogen (secondary N) is 1. The van der Waals surface area contributed by atoms with Crippen molar-refractivity contribution in [3.8, 4) is 0 Å². The Hall–Kier alpha value is -1.41. The van der Waals surface area contributed by atoms with Gasteiger partial charge in [-0.25, -0.2) is 4.98 Å². The van der Waals surface area contributed by atoms with Crippen LogP contribution in [0.2, 0.25) is 0 Å². The first-order chi connectivity index (χ1) is 10.1. The Bertz CT molecular complexity index is 614. The van der Waals surface area contributed by atoms with E-state index in [1.54, 1.807) is 12.3 Å². The topological polar surface area (TPSA) is 72.7 Å². The molecule has 0 saturated heterocycles. The standard InChI is InChI=1S/C13H16BrN5OS/c1-3-6-19-9(2)17-18-13(19)21-8-12(20)16-11-5-4-10(14)7-15-11/h4-5,7H,3,6,8H2,1-2H3,(H,15,16,20). The molecular formula is C13H16BrN5OS. The molecule has 0 aliphatic carbocycles. The lowest BCUT2D eigenvalue weighted by Crippen LogP contribution is -2.15. The second-order valence-corrected chi connectivity index (χ2v) is 6.24. The third-order valence-electron chi connectivity index (χ3n) is 2.68. The summed E-state index contributed by atoms with van der Waals surface area (Å²) in [6.45, 7) is 4.87. The highest BCUT2D eigenvalue weighted by atomic mass is 79.9. The van der Waals surface area contributed by atoms with E-state index in [1.807, 2.05) is 17.6 Å². The zero-order valence-electron chi connectivity index (χ0n) is 11.8. The fraction of sp³-hybridized carbons (Fsp3) is 0.385. The number of hydrogen-bond acceptors (Lipinski definition) is 5. The van der Waals surface area contributed by atoms with E-state index >= 15 is 0 Å². The van der Waals surface area contributed by atoms with Gasteiger partial charge in [-0.05, 0) is 41.4 Å². The van der Waals surface area contributed by atoms with E-state index < -0.39 is 0 Å². The molecule has 1 amide bonds. The summed E-state index contributed by atoms with van der Waals surface area (Å²) >= 11 is 4.68. The Balaban J connectivity index is 1.90. The molecule has 0 aliphatic rings. The van der Waals surface area contributed by atoms with Crippen LogP contribution in [0.1, 0.15) is 19.2 Å². The molecule has 21 heavy (non-hydrogen) atoms. The van der Waals surface area contributed by atoms with Crippen molar-refractivity contribution in [3.05, 3.63) is 28.6 Å². The Morgan fingerprint density at radius 3 is 2.90 bits per heavy atom. The number of amides is 1. The fourth-order valence-electron chi connectivity index (χ4n) is 1.71. The molecule has 1 N–H and O–H groups in total. The number of aromatic nitrogens is 4. The minimum absolute atomic E-state index is 0.112. The predicted molar refractivity (Wildman–Crippen MR) is 86.3 cm³/mol. The largest absolute Gasteiger partial charge is 0.310 e. The van der Waals surface area contributed by atoms with Crippen molar-refractivity contribution in [2.75, 3.05) is 11.1 Å². The lowest BCUT2D eigenvalue weighted by atomic mass is 10.4. The summed E-state index contributed by atoms with van der Waals surface area (Å²) in [5.74, 6) is 1.57. The zero-order valence-corrected chi connectivity index (χ0v) is 14.2. The molecular weight excluding hydrogens is 354 g/mol. The summed E-state index contributed by atoms with van der Waals surface area (Å²) in [7, 11) is 0. The molecule has 0 saturated carbocycles. The van der Waals surface area contributed by atoms with Crippen molar-refractivity contribution in [2.24, 2.45) is 0 Å². The average Bonchev–Trinajstić information content (AvgIpc) is 2.81. The molecule has 8 heteroatoms. The fourth-order valence-corrected chi connectivity index (χ4v) is 2.75. The van der Waals surface area contributed by atoms with Gasteiger partial charge < -0.3 is 9.88 Å². The first-order valence-corrected chi connectivity index (χ1v) is 8.32. The summed E-state index contributed by atoms with van der Waals surface area (Å²) in [6, 6.07) is 3.58. The van der Waals surface area contributed by atoms with E-state index in [0.29, 0.717) is 5.82 Å². The Morgan fingerprint density at radius 2 is 2.24 bits per heavy atom. The molecule has 112 valence electrons. The highest BCUT2D eigenvalue weighted by molar-refractivity contribution is 9.10. The van der Waals surface area contributed by atoms with E-state index in [1.165, 1.54) is 11.8 Å². The van der Waals surface area contributed by atoms with Crippen LogP contribution in [0.15, 0.2) is 28.0 Å². The van der Waals surface area contributed by atoms with Crippen molar-refractivity contribution in [1.29, 1.82) is 0 Å². The monoisotopic (exact) mass is 369 g/mol. The number of aryl methyl sites for hydroxylation is 1. The van der Waals surface area contributed by atoms with Gasteiger partial charge in [0, 0.05) is 17.2 Å². The molecule has 6 nitrogen and oxygen atoms in total. The van der Waals surface area contributed by atoms with Crippen LogP contribution in [-0.4, -0.2) is 31.4 Å². The molecule has 0 aliphatic heterocycles. The summed E-state index contributed by atoms with van der Waals surface area (Å²) in [6.07, 6.45) is 2.64. The summed E-state index contributed by atoms with van der Waals surface area (Å²) in [5.41, 5.74) is 0. The number of rotatable bonds is 6. The number of halogens is 1. The van der Waals surface area contributed by atoms with Crippen LogP contribution < -0.4 is 5.32 Å². The van der Waals surface area contributed by atoms with Crippen molar-refractivity contribution in [1.82, 2.24) is 19.7 Å². The van der Waals surface area contributed by atoms with Crippen LogP contribution in [0.4, 0.5) is 5.82 Å². The highest BCUT2D eigenvalue weighted by Gasteiger charge is 2.11. The van der Waals surface area contributed by atoms with Crippen molar-refractivity contribution in [3.63, 3.8) is 0 Å². The second kappa shape index (κ2) is 7.56.